The van der Waals surface area contributed by atoms with E-state index in [2.05, 4.69) is 15.5 Å². The van der Waals surface area contributed by atoms with Crippen LogP contribution in [0.5, 0.6) is 0 Å². The van der Waals surface area contributed by atoms with Crippen molar-refractivity contribution in [3.8, 4) is 0 Å². The van der Waals surface area contributed by atoms with E-state index in [0.29, 0.717) is 12.8 Å². The van der Waals surface area contributed by atoms with E-state index in [1.807, 2.05) is 7.05 Å². The number of hydrogen-bond acceptors (Lipinski definition) is 3. The number of piperidine rings is 1. The summed E-state index contributed by atoms with van der Waals surface area (Å²) in [4.78, 5) is 13.4. The Hall–Kier alpha value is -1.30. The molecule has 5 N–H and O–H groups in total. The zero-order chi connectivity index (χ0) is 11.5. The highest BCUT2D eigenvalue weighted by Gasteiger charge is 2.37. The summed E-state index contributed by atoms with van der Waals surface area (Å²) in [5.41, 5.74) is 4.91. The van der Waals surface area contributed by atoms with Gasteiger partial charge in [-0.25, -0.2) is 4.79 Å². The highest BCUT2D eigenvalue weighted by Crippen LogP contribution is 2.21. The van der Waals surface area contributed by atoms with Crippen molar-refractivity contribution in [3.63, 3.8) is 0 Å². The second-order valence-electron chi connectivity index (χ2n) is 4.00. The van der Waals surface area contributed by atoms with Crippen LogP contribution >= 0.6 is 0 Å². The molecule has 1 aliphatic heterocycles. The Bertz CT molecular complexity index is 257. The number of rotatable bonds is 2. The summed E-state index contributed by atoms with van der Waals surface area (Å²) in [5.74, 6) is 0.0409. The lowest BCUT2D eigenvalue weighted by atomic mass is 9.86. The van der Waals surface area contributed by atoms with Gasteiger partial charge in [0.1, 0.15) is 11.4 Å². The van der Waals surface area contributed by atoms with Crippen LogP contribution in [0.1, 0.15) is 12.8 Å². The average Bonchev–Trinajstić information content (AvgIpc) is 2.21. The topological polar surface area (TPSA) is 94.2 Å². The quantitative estimate of drug-likeness (QED) is 0.361. The lowest BCUT2D eigenvalue weighted by molar-refractivity contribution is 0.193. The maximum absolute atomic E-state index is 11.3. The van der Waals surface area contributed by atoms with Crippen molar-refractivity contribution in [3.05, 3.63) is 0 Å². The summed E-state index contributed by atoms with van der Waals surface area (Å²) in [6, 6.07) is -0.283. The van der Waals surface area contributed by atoms with Crippen molar-refractivity contribution >= 4 is 11.9 Å². The minimum Gasteiger partial charge on any atom is -0.386 e. The van der Waals surface area contributed by atoms with Gasteiger partial charge in [-0.3, -0.25) is 5.41 Å². The fraction of sp³-hybridized carbons (Fsp3) is 0.778. The van der Waals surface area contributed by atoms with Gasteiger partial charge in [-0.2, -0.15) is 0 Å². The number of nitrogens with zero attached hydrogens (tertiary/aromatic N) is 1. The van der Waals surface area contributed by atoms with Crippen LogP contribution in [-0.2, 0) is 0 Å². The number of urea groups is 1. The number of likely N-dealkylation sites (tertiary alicyclic amines) is 1. The summed E-state index contributed by atoms with van der Waals surface area (Å²) in [6.07, 6.45) is 1.37. The molecule has 6 nitrogen and oxygen atoms in total. The van der Waals surface area contributed by atoms with Crippen LogP contribution in [0, 0.1) is 5.41 Å². The number of nitrogens with one attached hydrogen (secondary N) is 3. The molecule has 1 aliphatic rings. The van der Waals surface area contributed by atoms with E-state index in [4.69, 9.17) is 11.1 Å². The van der Waals surface area contributed by atoms with Gasteiger partial charge < -0.3 is 21.3 Å². The van der Waals surface area contributed by atoms with E-state index < -0.39 is 5.54 Å². The number of hydrogen-bond donors (Lipinski definition) is 4. The summed E-state index contributed by atoms with van der Waals surface area (Å²) >= 11 is 0. The van der Waals surface area contributed by atoms with E-state index in [9.17, 15) is 4.79 Å². The molecule has 0 bridgehead atoms. The Morgan fingerprint density at radius 1 is 1.47 bits per heavy atom. The van der Waals surface area contributed by atoms with Crippen LogP contribution in [0.15, 0.2) is 0 Å². The summed E-state index contributed by atoms with van der Waals surface area (Å²) in [7, 11) is 3.57. The predicted molar refractivity (Wildman–Crippen MR) is 59.0 cm³/mol. The molecule has 0 aromatic rings. The van der Waals surface area contributed by atoms with Gasteiger partial charge in [0.15, 0.2) is 0 Å². The molecule has 0 spiro atoms. The van der Waals surface area contributed by atoms with Gasteiger partial charge >= 0.3 is 6.03 Å². The smallest absolute Gasteiger partial charge is 0.315 e. The van der Waals surface area contributed by atoms with E-state index >= 15 is 0 Å². The standard InChI is InChI=1S/C9H19N5O/c1-12-8(15)13-9(7(10)11)3-5-14(2)6-4-9/h3-6H2,1-2H3,(H3,10,11)(H2,12,13,15). The lowest BCUT2D eigenvalue weighted by Crippen LogP contribution is -2.63. The van der Waals surface area contributed by atoms with Crippen LogP contribution in [0.3, 0.4) is 0 Å². The van der Waals surface area contributed by atoms with Crippen molar-refractivity contribution in [1.82, 2.24) is 15.5 Å². The maximum Gasteiger partial charge on any atom is 0.315 e. The Morgan fingerprint density at radius 3 is 2.40 bits per heavy atom. The maximum atomic E-state index is 11.3. The molecule has 0 aliphatic carbocycles. The lowest BCUT2D eigenvalue weighted by Gasteiger charge is -2.40. The number of carbonyl (C=O) groups excluding carboxylic acids is 1. The summed E-state index contributed by atoms with van der Waals surface area (Å²) in [5, 5.41) is 12.9. The van der Waals surface area contributed by atoms with Gasteiger partial charge in [0.2, 0.25) is 0 Å². The fourth-order valence-corrected chi connectivity index (χ4v) is 1.74. The van der Waals surface area contributed by atoms with Crippen LogP contribution in [0.2, 0.25) is 0 Å². The van der Waals surface area contributed by atoms with E-state index in [1.165, 1.54) is 0 Å². The Balaban J connectivity index is 2.71. The van der Waals surface area contributed by atoms with Crippen molar-refractivity contribution in [2.75, 3.05) is 27.2 Å². The van der Waals surface area contributed by atoms with Gasteiger partial charge in [0, 0.05) is 20.1 Å². The fourth-order valence-electron chi connectivity index (χ4n) is 1.74. The Morgan fingerprint density at radius 2 is 2.00 bits per heavy atom. The zero-order valence-corrected chi connectivity index (χ0v) is 9.26. The molecule has 0 aromatic heterocycles. The minimum atomic E-state index is -0.660. The van der Waals surface area contributed by atoms with Crippen LogP contribution in [0.25, 0.3) is 0 Å². The molecule has 1 rings (SSSR count). The number of nitrogens with two attached hydrogens (primary N) is 1. The average molecular weight is 213 g/mol. The molecule has 1 heterocycles. The van der Waals surface area contributed by atoms with Crippen LogP contribution < -0.4 is 16.4 Å². The number of amidine groups is 1. The summed E-state index contributed by atoms with van der Waals surface area (Å²) in [6.45, 7) is 1.67. The van der Waals surface area contributed by atoms with Crippen LogP contribution in [-0.4, -0.2) is 49.5 Å². The molecule has 0 unspecified atom stereocenters. The van der Waals surface area contributed by atoms with Crippen molar-refractivity contribution in [1.29, 1.82) is 5.41 Å². The third-order valence-electron chi connectivity index (χ3n) is 2.94. The predicted octanol–water partition coefficient (Wildman–Crippen LogP) is -0.684. The summed E-state index contributed by atoms with van der Waals surface area (Å²) < 4.78 is 0. The van der Waals surface area contributed by atoms with Crippen molar-refractivity contribution in [2.45, 2.75) is 18.4 Å². The SMILES string of the molecule is CNC(=O)NC1(C(=N)N)CCN(C)CC1. The molecule has 1 saturated heterocycles. The molecule has 0 aromatic carbocycles. The molecular formula is C9H19N5O. The number of carbonyl (C=O) groups is 1. The molecule has 0 radical (unpaired) electrons. The van der Waals surface area contributed by atoms with Gasteiger partial charge in [-0.05, 0) is 19.9 Å². The van der Waals surface area contributed by atoms with Crippen LogP contribution in [0.4, 0.5) is 4.79 Å². The van der Waals surface area contributed by atoms with E-state index in [0.717, 1.165) is 13.1 Å². The normalized spacial score (nSPS) is 20.7. The van der Waals surface area contributed by atoms with Gasteiger partial charge in [0.25, 0.3) is 0 Å². The highest BCUT2D eigenvalue weighted by molar-refractivity contribution is 5.91. The second-order valence-corrected chi connectivity index (χ2v) is 4.00. The van der Waals surface area contributed by atoms with Crippen molar-refractivity contribution < 1.29 is 4.79 Å². The monoisotopic (exact) mass is 213 g/mol. The molecule has 86 valence electrons. The van der Waals surface area contributed by atoms with E-state index in [1.54, 1.807) is 7.05 Å². The number of amides is 2. The molecular weight excluding hydrogens is 194 g/mol. The first kappa shape index (κ1) is 11.8. The van der Waals surface area contributed by atoms with Crippen molar-refractivity contribution in [2.24, 2.45) is 5.73 Å². The first-order chi connectivity index (χ1) is 7.00. The van der Waals surface area contributed by atoms with E-state index in [-0.39, 0.29) is 11.9 Å². The highest BCUT2D eigenvalue weighted by atomic mass is 16.2. The Kier molecular flexibility index (Phi) is 3.52. The molecule has 6 heteroatoms. The molecule has 15 heavy (non-hydrogen) atoms. The first-order valence-corrected chi connectivity index (χ1v) is 5.03. The Labute approximate surface area is 89.7 Å². The third kappa shape index (κ3) is 2.59. The first-order valence-electron chi connectivity index (χ1n) is 5.03. The van der Waals surface area contributed by atoms with Gasteiger partial charge in [0.05, 0.1) is 0 Å². The van der Waals surface area contributed by atoms with Gasteiger partial charge in [-0.1, -0.05) is 0 Å². The van der Waals surface area contributed by atoms with Gasteiger partial charge in [-0.15, -0.1) is 0 Å². The molecule has 2 amide bonds. The largest absolute Gasteiger partial charge is 0.386 e. The molecule has 0 atom stereocenters. The second kappa shape index (κ2) is 4.48. The molecule has 0 saturated carbocycles. The zero-order valence-electron chi connectivity index (χ0n) is 9.26. The molecule has 1 fully saturated rings. The minimum absolute atomic E-state index is 0.0409. The third-order valence-corrected chi connectivity index (χ3v) is 2.94.